The van der Waals surface area contributed by atoms with Crippen molar-refractivity contribution in [1.82, 2.24) is 15.3 Å². The van der Waals surface area contributed by atoms with E-state index in [4.69, 9.17) is 0 Å². The molecule has 0 radical (unpaired) electrons. The lowest BCUT2D eigenvalue weighted by Gasteiger charge is -2.13. The molecule has 2 aromatic carbocycles. The molecule has 0 aliphatic heterocycles. The van der Waals surface area contributed by atoms with Crippen molar-refractivity contribution < 1.29 is 14.0 Å². The number of fused-ring (bicyclic) bond motifs is 1. The first-order valence-corrected chi connectivity index (χ1v) is 12.1. The summed E-state index contributed by atoms with van der Waals surface area (Å²) in [5.74, 6) is -0.697. The van der Waals surface area contributed by atoms with Crippen molar-refractivity contribution in [1.29, 1.82) is 0 Å². The van der Waals surface area contributed by atoms with E-state index in [1.165, 1.54) is 41.6 Å². The van der Waals surface area contributed by atoms with Crippen LogP contribution in [0, 0.1) is 5.82 Å². The maximum Gasteiger partial charge on any atom is 0.253 e. The Kier molecular flexibility index (Phi) is 7.00. The fraction of sp³-hybridized carbons (Fsp3) is 0.167. The topological polar surface area (TPSA) is 84.0 Å². The number of nitrogens with one attached hydrogen (secondary N) is 2. The third-order valence-corrected chi connectivity index (χ3v) is 6.57. The number of thiophene rings is 1. The van der Waals surface area contributed by atoms with Gasteiger partial charge in [0.1, 0.15) is 22.0 Å². The lowest BCUT2D eigenvalue weighted by molar-refractivity contribution is -0.113. The van der Waals surface area contributed by atoms with Gasteiger partial charge in [0.2, 0.25) is 5.91 Å². The normalized spacial score (nSPS) is 11.0. The van der Waals surface area contributed by atoms with Crippen LogP contribution in [0.2, 0.25) is 0 Å². The number of carbonyl (C=O) groups is 2. The van der Waals surface area contributed by atoms with E-state index in [-0.39, 0.29) is 29.4 Å². The minimum Gasteiger partial charge on any atom is -0.350 e. The van der Waals surface area contributed by atoms with Crippen LogP contribution < -0.4 is 10.6 Å². The number of rotatable bonds is 7. The molecule has 4 aromatic rings. The fourth-order valence-electron chi connectivity index (χ4n) is 3.25. The number of hydrogen-bond donors (Lipinski definition) is 2. The van der Waals surface area contributed by atoms with E-state index in [0.29, 0.717) is 16.3 Å². The summed E-state index contributed by atoms with van der Waals surface area (Å²) in [7, 11) is 0. The summed E-state index contributed by atoms with van der Waals surface area (Å²) < 4.78 is 13.4. The predicted octanol–water partition coefficient (Wildman–Crippen LogP) is 5.37. The van der Waals surface area contributed by atoms with E-state index in [9.17, 15) is 14.0 Å². The van der Waals surface area contributed by atoms with E-state index >= 15 is 0 Å². The third kappa shape index (κ3) is 5.37. The zero-order valence-electron chi connectivity index (χ0n) is 18.0. The lowest BCUT2D eigenvalue weighted by Crippen LogP contribution is -2.31. The first-order valence-electron chi connectivity index (χ1n) is 10.2. The van der Waals surface area contributed by atoms with Crippen LogP contribution in [-0.4, -0.2) is 33.6 Å². The summed E-state index contributed by atoms with van der Waals surface area (Å²) in [6.45, 7) is 3.76. The highest BCUT2D eigenvalue weighted by atomic mass is 32.2. The number of aromatic nitrogens is 2. The van der Waals surface area contributed by atoms with Gasteiger partial charge in [0.15, 0.2) is 0 Å². The van der Waals surface area contributed by atoms with Gasteiger partial charge in [-0.1, -0.05) is 36.0 Å². The molecule has 0 bridgehead atoms. The largest absolute Gasteiger partial charge is 0.350 e. The third-order valence-electron chi connectivity index (χ3n) is 4.70. The molecular weight excluding hydrogens is 459 g/mol. The van der Waals surface area contributed by atoms with Crippen LogP contribution in [0.1, 0.15) is 24.2 Å². The monoisotopic (exact) mass is 480 g/mol. The Labute approximate surface area is 198 Å². The maximum absolute atomic E-state index is 13.4. The van der Waals surface area contributed by atoms with E-state index in [1.807, 2.05) is 19.2 Å². The molecular formula is C24H21FN4O2S2. The van der Waals surface area contributed by atoms with Crippen LogP contribution in [0.4, 0.5) is 10.1 Å². The molecule has 0 saturated carbocycles. The summed E-state index contributed by atoms with van der Waals surface area (Å²) in [5, 5.41) is 9.13. The van der Waals surface area contributed by atoms with Crippen LogP contribution >= 0.6 is 23.1 Å². The van der Waals surface area contributed by atoms with E-state index in [1.54, 1.807) is 36.4 Å². The summed E-state index contributed by atoms with van der Waals surface area (Å²) in [5.41, 5.74) is 2.62. The Morgan fingerprint density at radius 2 is 1.85 bits per heavy atom. The molecule has 6 nitrogen and oxygen atoms in total. The average molecular weight is 481 g/mol. The number of thioether (sulfide) groups is 1. The molecule has 0 unspecified atom stereocenters. The Hall–Kier alpha value is -3.30. The predicted molar refractivity (Wildman–Crippen MR) is 131 cm³/mol. The van der Waals surface area contributed by atoms with Crippen molar-refractivity contribution in [3.63, 3.8) is 0 Å². The number of amides is 2. The van der Waals surface area contributed by atoms with Crippen LogP contribution in [0.3, 0.4) is 0 Å². The van der Waals surface area contributed by atoms with E-state index in [0.717, 1.165) is 21.3 Å². The summed E-state index contributed by atoms with van der Waals surface area (Å²) in [6.07, 6.45) is 1.47. The Morgan fingerprint density at radius 3 is 2.61 bits per heavy atom. The number of hydrogen-bond acceptors (Lipinski definition) is 6. The number of halogens is 1. The Bertz CT molecular complexity index is 1310. The molecule has 0 aliphatic rings. The highest BCUT2D eigenvalue weighted by molar-refractivity contribution is 8.00. The molecule has 0 spiro atoms. The van der Waals surface area contributed by atoms with Crippen LogP contribution in [-0.2, 0) is 4.79 Å². The molecule has 168 valence electrons. The molecule has 4 rings (SSSR count). The van der Waals surface area contributed by atoms with Crippen molar-refractivity contribution in [3.05, 3.63) is 71.6 Å². The molecule has 0 saturated heterocycles. The maximum atomic E-state index is 13.4. The molecule has 2 heterocycles. The standard InChI is InChI=1S/C24H21FN4O2S2/c1-14(2)28-22(31)17-5-3-4-6-19(17)29-20(30)12-33-24-21-18(11-32-23(21)26-13-27-24)15-7-9-16(25)10-8-15/h3-11,13-14H,12H2,1-2H3,(H,28,31)(H,29,30). The van der Waals surface area contributed by atoms with Crippen molar-refractivity contribution in [2.24, 2.45) is 0 Å². The smallest absolute Gasteiger partial charge is 0.253 e. The fourth-order valence-corrected chi connectivity index (χ4v) is 5.04. The molecule has 2 amide bonds. The molecule has 2 aromatic heterocycles. The molecule has 0 fully saturated rings. The van der Waals surface area contributed by atoms with E-state index < -0.39 is 0 Å². The second kappa shape index (κ2) is 10.1. The van der Waals surface area contributed by atoms with Crippen molar-refractivity contribution in [2.75, 3.05) is 11.1 Å². The van der Waals surface area contributed by atoms with Crippen molar-refractivity contribution in [3.8, 4) is 11.1 Å². The van der Waals surface area contributed by atoms with Gasteiger partial charge in [-0.3, -0.25) is 9.59 Å². The molecule has 33 heavy (non-hydrogen) atoms. The number of anilines is 1. The summed E-state index contributed by atoms with van der Waals surface area (Å²) in [4.78, 5) is 34.6. The van der Waals surface area contributed by atoms with Crippen molar-refractivity contribution in [2.45, 2.75) is 24.9 Å². The van der Waals surface area contributed by atoms with Crippen LogP contribution in [0.25, 0.3) is 21.3 Å². The number of benzene rings is 2. The average Bonchev–Trinajstić information content (AvgIpc) is 3.23. The van der Waals surface area contributed by atoms with Gasteiger partial charge in [-0.05, 0) is 43.7 Å². The number of para-hydroxylation sites is 1. The first-order chi connectivity index (χ1) is 15.9. The SMILES string of the molecule is CC(C)NC(=O)c1ccccc1NC(=O)CSc1ncnc2scc(-c3ccc(F)cc3)c12. The van der Waals surface area contributed by atoms with Gasteiger partial charge in [-0.15, -0.1) is 11.3 Å². The Morgan fingerprint density at radius 1 is 1.09 bits per heavy atom. The van der Waals surface area contributed by atoms with Gasteiger partial charge in [-0.2, -0.15) is 0 Å². The van der Waals surface area contributed by atoms with Gasteiger partial charge in [-0.25, -0.2) is 14.4 Å². The number of nitrogens with zero attached hydrogens (tertiary/aromatic N) is 2. The highest BCUT2D eigenvalue weighted by Crippen LogP contribution is 2.37. The van der Waals surface area contributed by atoms with E-state index in [2.05, 4.69) is 20.6 Å². The molecule has 0 atom stereocenters. The molecule has 9 heteroatoms. The quantitative estimate of drug-likeness (QED) is 0.275. The van der Waals surface area contributed by atoms with Gasteiger partial charge in [0.25, 0.3) is 5.91 Å². The van der Waals surface area contributed by atoms with Crippen molar-refractivity contribution >= 4 is 50.8 Å². The molecule has 0 aliphatic carbocycles. The van der Waals surface area contributed by atoms with Crippen LogP contribution in [0.15, 0.2) is 65.3 Å². The van der Waals surface area contributed by atoms with Gasteiger partial charge in [0.05, 0.1) is 22.4 Å². The lowest BCUT2D eigenvalue weighted by atomic mass is 10.1. The minimum atomic E-state index is -0.303. The minimum absolute atomic E-state index is 0.0158. The van der Waals surface area contributed by atoms with Gasteiger partial charge < -0.3 is 10.6 Å². The van der Waals surface area contributed by atoms with Crippen LogP contribution in [0.5, 0.6) is 0 Å². The zero-order valence-corrected chi connectivity index (χ0v) is 19.6. The number of carbonyl (C=O) groups excluding carboxylic acids is 2. The van der Waals surface area contributed by atoms with Gasteiger partial charge >= 0.3 is 0 Å². The van der Waals surface area contributed by atoms with Gasteiger partial charge in [0, 0.05) is 17.0 Å². The zero-order chi connectivity index (χ0) is 23.4. The molecule has 2 N–H and O–H groups in total. The summed E-state index contributed by atoms with van der Waals surface area (Å²) in [6, 6.07) is 13.1. The summed E-state index contributed by atoms with van der Waals surface area (Å²) >= 11 is 2.76. The second-order valence-electron chi connectivity index (χ2n) is 7.53. The first kappa shape index (κ1) is 22.9. The second-order valence-corrected chi connectivity index (χ2v) is 9.35. The highest BCUT2D eigenvalue weighted by Gasteiger charge is 2.17. The Balaban J connectivity index is 1.52.